The van der Waals surface area contributed by atoms with E-state index in [9.17, 15) is 10.2 Å². The quantitative estimate of drug-likeness (QED) is 0.0286. The summed E-state index contributed by atoms with van der Waals surface area (Å²) < 4.78 is 44.5. The Kier molecular flexibility index (Phi) is 49.9. The van der Waals surface area contributed by atoms with Gasteiger partial charge in [-0.05, 0) is 74.4 Å². The van der Waals surface area contributed by atoms with Crippen LogP contribution in [0.2, 0.25) is 0 Å². The smallest absolute Gasteiger partial charge is 0.0700 e. The van der Waals surface area contributed by atoms with E-state index in [2.05, 4.69) is 50.5 Å². The summed E-state index contributed by atoms with van der Waals surface area (Å²) in [7, 11) is 0. The Morgan fingerprint density at radius 1 is 0.298 bits per heavy atom. The molecule has 0 saturated carbocycles. The molecule has 57 heavy (non-hydrogen) atoms. The summed E-state index contributed by atoms with van der Waals surface area (Å²) in [4.78, 5) is 0. The Morgan fingerprint density at radius 3 is 0.719 bits per heavy atom. The molecule has 0 radical (unpaired) electrons. The van der Waals surface area contributed by atoms with Crippen molar-refractivity contribution in [3.63, 3.8) is 0 Å². The summed E-state index contributed by atoms with van der Waals surface area (Å²) in [6.45, 7) is 10.1. The predicted molar refractivity (Wildman–Crippen MR) is 263 cm³/mol. The number of rotatable bonds is 50. The van der Waals surface area contributed by atoms with Gasteiger partial charge in [-0.1, -0.05) is 0 Å². The molecule has 0 aromatic heterocycles. The first-order valence-corrected chi connectivity index (χ1v) is 27.9. The number of aliphatic hydroxyl groups is 2. The molecule has 0 fully saturated rings. The number of hydrogen-bond donors (Lipinski definition) is 6. The van der Waals surface area contributed by atoms with Crippen molar-refractivity contribution in [1.29, 1.82) is 0 Å². The van der Waals surface area contributed by atoms with Crippen LogP contribution in [0.5, 0.6) is 0 Å². The van der Waals surface area contributed by atoms with E-state index in [0.29, 0.717) is 161 Å². The molecule has 18 heteroatoms. The highest BCUT2D eigenvalue weighted by molar-refractivity contribution is 7.99. The fourth-order valence-corrected chi connectivity index (χ4v) is 9.32. The van der Waals surface area contributed by atoms with Crippen molar-refractivity contribution < 1.29 is 48.1 Å². The van der Waals surface area contributed by atoms with Gasteiger partial charge in [0.05, 0.1) is 117 Å². The van der Waals surface area contributed by atoms with Crippen molar-refractivity contribution in [3.05, 3.63) is 0 Å². The van der Waals surface area contributed by atoms with Gasteiger partial charge in [-0.15, -0.1) is 0 Å². The summed E-state index contributed by atoms with van der Waals surface area (Å²) in [5.74, 6) is 10.3. The standard InChI is InChI=1S/C39H80O10S8/c40-38(5-1-29-54-33-21-46-13-9-42-17-25-50,6-2-30-55-34-22-47-14-10-43-18-26-51)37-39(41,7-3-31-56-35-23-48-15-11-44-19-27-52)8-4-32-57-36-24-49-16-12-45-20-28-53/h40-41,50-53H,1-37H2. The van der Waals surface area contributed by atoms with Gasteiger partial charge in [0, 0.05) is 52.4 Å². The van der Waals surface area contributed by atoms with Gasteiger partial charge in [0.25, 0.3) is 0 Å². The molecule has 2 N–H and O–H groups in total. The molecule has 0 bridgehead atoms. The second-order valence-corrected chi connectivity index (χ2v) is 20.0. The van der Waals surface area contributed by atoms with E-state index < -0.39 is 11.2 Å². The van der Waals surface area contributed by atoms with Crippen LogP contribution in [0.3, 0.4) is 0 Å². The van der Waals surface area contributed by atoms with E-state index >= 15 is 0 Å². The van der Waals surface area contributed by atoms with Crippen molar-refractivity contribution in [1.82, 2.24) is 0 Å². The number of thiol groups is 4. The molecule has 0 aromatic carbocycles. The Morgan fingerprint density at radius 2 is 0.509 bits per heavy atom. The maximum absolute atomic E-state index is 12.2. The molecule has 0 amide bonds. The van der Waals surface area contributed by atoms with Crippen LogP contribution in [0.25, 0.3) is 0 Å². The van der Waals surface area contributed by atoms with E-state index in [4.69, 9.17) is 37.9 Å². The molecule has 0 spiro atoms. The summed E-state index contributed by atoms with van der Waals surface area (Å²) in [5.41, 5.74) is -1.85. The average Bonchev–Trinajstić information content (AvgIpc) is 3.20. The molecule has 0 aliphatic carbocycles. The molecular formula is C39H80O10S8. The van der Waals surface area contributed by atoms with Crippen LogP contribution in [0.4, 0.5) is 0 Å². The van der Waals surface area contributed by atoms with Crippen LogP contribution in [0.1, 0.15) is 57.8 Å². The molecule has 0 saturated heterocycles. The van der Waals surface area contributed by atoms with Crippen molar-refractivity contribution in [3.8, 4) is 0 Å². The first-order chi connectivity index (χ1) is 27.9. The first-order valence-electron chi connectivity index (χ1n) is 20.8. The Hall–Kier alpha value is 2.40. The van der Waals surface area contributed by atoms with Gasteiger partial charge < -0.3 is 48.1 Å². The van der Waals surface area contributed by atoms with Gasteiger partial charge in [-0.25, -0.2) is 0 Å². The topological polar surface area (TPSA) is 114 Å². The van der Waals surface area contributed by atoms with Crippen LogP contribution >= 0.6 is 97.6 Å². The van der Waals surface area contributed by atoms with E-state index in [1.165, 1.54) is 0 Å². The zero-order valence-corrected chi connectivity index (χ0v) is 41.6. The predicted octanol–water partition coefficient (Wildman–Crippen LogP) is 6.74. The van der Waals surface area contributed by atoms with Crippen LogP contribution in [-0.2, 0) is 37.9 Å². The fourth-order valence-electron chi connectivity index (χ4n) is 5.65. The van der Waals surface area contributed by atoms with Gasteiger partial charge in [0.1, 0.15) is 0 Å². The van der Waals surface area contributed by atoms with Gasteiger partial charge >= 0.3 is 0 Å². The Bertz CT molecular complexity index is 677. The highest BCUT2D eigenvalue weighted by Gasteiger charge is 2.37. The monoisotopic (exact) mass is 964 g/mol. The van der Waals surface area contributed by atoms with Crippen LogP contribution in [0, 0.1) is 0 Å². The summed E-state index contributed by atoms with van der Waals surface area (Å²) in [5, 5.41) is 24.5. The van der Waals surface area contributed by atoms with E-state index in [-0.39, 0.29) is 0 Å². The minimum absolute atomic E-state index is 0.403. The zero-order valence-electron chi connectivity index (χ0n) is 34.7. The number of ether oxygens (including phenoxy) is 8. The molecule has 0 heterocycles. The van der Waals surface area contributed by atoms with Crippen molar-refractivity contribution in [2.24, 2.45) is 0 Å². The minimum atomic E-state index is -0.927. The Labute approximate surface area is 386 Å². The zero-order chi connectivity index (χ0) is 41.6. The fraction of sp³-hybridized carbons (Fsp3) is 1.00. The maximum atomic E-state index is 12.2. The molecule has 0 aromatic rings. The molecule has 0 aliphatic heterocycles. The third kappa shape index (κ3) is 44.8. The molecule has 0 atom stereocenters. The lowest BCUT2D eigenvalue weighted by atomic mass is 9.77. The van der Waals surface area contributed by atoms with Crippen molar-refractivity contribution >= 4 is 97.6 Å². The van der Waals surface area contributed by atoms with Crippen LogP contribution < -0.4 is 0 Å². The van der Waals surface area contributed by atoms with E-state index in [1.54, 1.807) is 0 Å². The van der Waals surface area contributed by atoms with E-state index in [0.717, 1.165) is 71.7 Å². The highest BCUT2D eigenvalue weighted by Crippen LogP contribution is 2.36. The van der Waals surface area contributed by atoms with E-state index in [1.807, 2.05) is 47.0 Å². The molecular weight excluding hydrogens is 885 g/mol. The SMILES string of the molecule is OC(CCCSCCOCCOCCS)(CCCSCCOCCOCCS)CC(O)(CCCSCCOCCOCCS)CCCSCCOCCOCCS. The average molecular weight is 966 g/mol. The normalized spacial score (nSPS) is 12.3. The second-order valence-electron chi connectivity index (χ2n) is 13.3. The maximum Gasteiger partial charge on any atom is 0.0700 e. The lowest BCUT2D eigenvalue weighted by Gasteiger charge is -2.38. The van der Waals surface area contributed by atoms with Crippen LogP contribution in [-0.4, -0.2) is 196 Å². The molecule has 0 rings (SSSR count). The first kappa shape index (κ1) is 59.4. The van der Waals surface area contributed by atoms with Crippen LogP contribution in [0.15, 0.2) is 0 Å². The third-order valence-corrected chi connectivity index (χ3v) is 13.2. The van der Waals surface area contributed by atoms with Crippen molar-refractivity contribution in [2.75, 3.05) is 175 Å². The largest absolute Gasteiger partial charge is 0.390 e. The Balaban J connectivity index is 5.09. The number of thioether (sulfide) groups is 4. The van der Waals surface area contributed by atoms with Gasteiger partial charge in [-0.3, -0.25) is 0 Å². The summed E-state index contributed by atoms with van der Waals surface area (Å²) in [6.07, 6.45) is 6.67. The highest BCUT2D eigenvalue weighted by atomic mass is 32.2. The summed E-state index contributed by atoms with van der Waals surface area (Å²) in [6, 6.07) is 0. The van der Waals surface area contributed by atoms with Gasteiger partial charge in [-0.2, -0.15) is 97.6 Å². The number of hydrogen-bond acceptors (Lipinski definition) is 18. The molecule has 10 nitrogen and oxygen atoms in total. The summed E-state index contributed by atoms with van der Waals surface area (Å²) >= 11 is 24.1. The molecule has 0 unspecified atom stereocenters. The minimum Gasteiger partial charge on any atom is -0.390 e. The van der Waals surface area contributed by atoms with Gasteiger partial charge in [0.2, 0.25) is 0 Å². The van der Waals surface area contributed by atoms with Crippen molar-refractivity contribution in [2.45, 2.75) is 69.0 Å². The van der Waals surface area contributed by atoms with Gasteiger partial charge in [0.15, 0.2) is 0 Å². The molecule has 0 aliphatic rings. The lowest BCUT2D eigenvalue weighted by Crippen LogP contribution is -2.42. The second kappa shape index (κ2) is 47.9. The third-order valence-electron chi connectivity index (χ3n) is 8.30. The lowest BCUT2D eigenvalue weighted by molar-refractivity contribution is -0.0809. The molecule has 344 valence electrons.